The molecule has 10 rings (SSSR count). The summed E-state index contributed by atoms with van der Waals surface area (Å²) in [5, 5.41) is 68.9. The molecule has 4 bridgehead atoms. The van der Waals surface area contributed by atoms with Crippen molar-refractivity contribution < 1.29 is 30.6 Å². The first-order valence-electron chi connectivity index (χ1n) is 25.0. The van der Waals surface area contributed by atoms with Crippen LogP contribution in [0.1, 0.15) is 190 Å². The van der Waals surface area contributed by atoms with E-state index in [2.05, 4.69) is 76.2 Å². The quantitative estimate of drug-likeness (QED) is 0.0762. The SMILES string of the molecule is Cc1cc(C(c2cc(C)c(O)cc2C)c2cc(C34CC5CC(C3)CC(c3cc(C(C)C)c(O)c(C(c6cc(C)c(O)cc6C)c6cc(C)c(O)cc6C)c3)(C5)C4)cc(C(C)C)c2O)c(C)cc1O. The maximum atomic E-state index is 12.6. The number of aromatic hydroxyl groups is 6. The Balaban J connectivity index is 1.26. The second kappa shape index (κ2) is 17.0. The molecule has 0 spiro atoms. The van der Waals surface area contributed by atoms with Crippen LogP contribution in [0.4, 0.5) is 0 Å². The topological polar surface area (TPSA) is 121 Å². The Kier molecular flexibility index (Phi) is 11.8. The lowest BCUT2D eigenvalue weighted by molar-refractivity contribution is -0.0282. The summed E-state index contributed by atoms with van der Waals surface area (Å²) in [4.78, 5) is 0. The fourth-order valence-corrected chi connectivity index (χ4v) is 13.8. The summed E-state index contributed by atoms with van der Waals surface area (Å²) in [7, 11) is 0. The van der Waals surface area contributed by atoms with E-state index in [4.69, 9.17) is 0 Å². The summed E-state index contributed by atoms with van der Waals surface area (Å²) in [6.07, 6.45) is 6.47. The summed E-state index contributed by atoms with van der Waals surface area (Å²) in [5.41, 5.74) is 16.7. The van der Waals surface area contributed by atoms with Gasteiger partial charge in [0, 0.05) is 23.0 Å². The fourth-order valence-electron chi connectivity index (χ4n) is 13.8. The summed E-state index contributed by atoms with van der Waals surface area (Å²) in [6, 6.07) is 25.0. The predicted octanol–water partition coefficient (Wildman–Crippen LogP) is 14.8. The summed E-state index contributed by atoms with van der Waals surface area (Å²) < 4.78 is 0. The lowest BCUT2D eigenvalue weighted by Crippen LogP contribution is -2.56. The monoisotopic (exact) mass is 913 g/mol. The first-order valence-corrected chi connectivity index (χ1v) is 25.0. The van der Waals surface area contributed by atoms with Crippen molar-refractivity contribution in [3.63, 3.8) is 0 Å². The van der Waals surface area contributed by atoms with Gasteiger partial charge in [0.1, 0.15) is 34.5 Å². The molecule has 0 saturated heterocycles. The predicted molar refractivity (Wildman–Crippen MR) is 275 cm³/mol. The zero-order valence-electron chi connectivity index (χ0n) is 42.3. The third-order valence-electron chi connectivity index (χ3n) is 17.1. The fraction of sp³-hybridized carbons (Fsp3) is 0.419. The lowest BCUT2D eigenvalue weighted by atomic mass is 9.41. The molecule has 0 radical (unpaired) electrons. The van der Waals surface area contributed by atoms with Gasteiger partial charge in [0.2, 0.25) is 0 Å². The van der Waals surface area contributed by atoms with Crippen LogP contribution in [0.25, 0.3) is 0 Å². The number of phenols is 6. The van der Waals surface area contributed by atoms with Gasteiger partial charge in [0.05, 0.1) is 0 Å². The van der Waals surface area contributed by atoms with E-state index in [1.807, 2.05) is 79.7 Å². The van der Waals surface area contributed by atoms with Crippen LogP contribution in [0.15, 0.2) is 72.8 Å². The third-order valence-corrected chi connectivity index (χ3v) is 17.1. The van der Waals surface area contributed by atoms with Crippen LogP contribution in [0.3, 0.4) is 0 Å². The van der Waals surface area contributed by atoms with Crippen molar-refractivity contribution in [1.29, 1.82) is 0 Å². The molecule has 0 aliphatic heterocycles. The molecule has 4 aliphatic carbocycles. The zero-order chi connectivity index (χ0) is 49.0. The Labute approximate surface area is 404 Å². The molecule has 6 N–H and O–H groups in total. The van der Waals surface area contributed by atoms with Crippen molar-refractivity contribution in [2.75, 3.05) is 0 Å². The van der Waals surface area contributed by atoms with E-state index in [0.29, 0.717) is 23.3 Å². The molecule has 6 heteroatoms. The van der Waals surface area contributed by atoms with Crippen LogP contribution in [0.5, 0.6) is 34.5 Å². The van der Waals surface area contributed by atoms with Crippen molar-refractivity contribution in [2.24, 2.45) is 11.8 Å². The molecule has 6 aromatic carbocycles. The molecule has 4 fully saturated rings. The van der Waals surface area contributed by atoms with E-state index in [-0.39, 0.29) is 57.5 Å². The van der Waals surface area contributed by atoms with Crippen LogP contribution >= 0.6 is 0 Å². The highest BCUT2D eigenvalue weighted by Gasteiger charge is 2.59. The van der Waals surface area contributed by atoms with Crippen molar-refractivity contribution in [2.45, 2.75) is 156 Å². The molecule has 0 amide bonds. The van der Waals surface area contributed by atoms with Gasteiger partial charge in [-0.1, -0.05) is 76.2 Å². The van der Waals surface area contributed by atoms with Crippen molar-refractivity contribution >= 4 is 0 Å². The zero-order valence-corrected chi connectivity index (χ0v) is 42.3. The number of aryl methyl sites for hydroxylation is 8. The number of benzene rings is 6. The van der Waals surface area contributed by atoms with Crippen LogP contribution < -0.4 is 0 Å². The minimum absolute atomic E-state index is 0.0479. The Morgan fingerprint density at radius 1 is 0.353 bits per heavy atom. The van der Waals surface area contributed by atoms with Crippen molar-refractivity contribution in [1.82, 2.24) is 0 Å². The normalized spacial score (nSPS) is 21.0. The lowest BCUT2D eigenvalue weighted by Gasteiger charge is -2.63. The van der Waals surface area contributed by atoms with Gasteiger partial charge in [-0.15, -0.1) is 0 Å². The van der Waals surface area contributed by atoms with E-state index < -0.39 is 0 Å². The van der Waals surface area contributed by atoms with Gasteiger partial charge in [0.25, 0.3) is 0 Å². The van der Waals surface area contributed by atoms with Crippen molar-refractivity contribution in [3.8, 4) is 34.5 Å². The second-order valence-corrected chi connectivity index (χ2v) is 22.7. The van der Waals surface area contributed by atoms with Crippen molar-refractivity contribution in [3.05, 3.63) is 173 Å². The van der Waals surface area contributed by atoms with Gasteiger partial charge in [-0.2, -0.15) is 0 Å². The summed E-state index contributed by atoms with van der Waals surface area (Å²) >= 11 is 0. The molecule has 0 aromatic heterocycles. The van der Waals surface area contributed by atoms with Crippen LogP contribution in [-0.2, 0) is 10.8 Å². The Morgan fingerprint density at radius 3 is 0.882 bits per heavy atom. The highest BCUT2D eigenvalue weighted by Crippen LogP contribution is 2.67. The number of hydrogen-bond donors (Lipinski definition) is 6. The molecule has 4 saturated carbocycles. The van der Waals surface area contributed by atoms with E-state index in [9.17, 15) is 30.6 Å². The number of rotatable bonds is 10. The highest BCUT2D eigenvalue weighted by molar-refractivity contribution is 5.63. The molecular formula is C62H72O6. The van der Waals surface area contributed by atoms with Crippen LogP contribution in [0.2, 0.25) is 0 Å². The van der Waals surface area contributed by atoms with Crippen LogP contribution in [0, 0.1) is 67.2 Å². The molecule has 0 unspecified atom stereocenters. The molecule has 0 atom stereocenters. The second-order valence-electron chi connectivity index (χ2n) is 22.7. The van der Waals surface area contributed by atoms with Gasteiger partial charge < -0.3 is 30.6 Å². The van der Waals surface area contributed by atoms with Crippen LogP contribution in [-0.4, -0.2) is 30.6 Å². The average molecular weight is 913 g/mol. The minimum Gasteiger partial charge on any atom is -0.508 e. The highest BCUT2D eigenvalue weighted by atomic mass is 16.3. The molecule has 0 heterocycles. The van der Waals surface area contributed by atoms with E-state index in [1.165, 1.54) is 17.5 Å². The number of hydrogen-bond acceptors (Lipinski definition) is 6. The maximum absolute atomic E-state index is 12.6. The smallest absolute Gasteiger partial charge is 0.123 e. The molecule has 68 heavy (non-hydrogen) atoms. The van der Waals surface area contributed by atoms with Gasteiger partial charge in [-0.3, -0.25) is 0 Å². The largest absolute Gasteiger partial charge is 0.508 e. The van der Waals surface area contributed by atoms with E-state index in [0.717, 1.165) is 121 Å². The molecule has 356 valence electrons. The van der Waals surface area contributed by atoms with Gasteiger partial charge >= 0.3 is 0 Å². The molecule has 6 nitrogen and oxygen atoms in total. The minimum atomic E-state index is -0.363. The van der Waals surface area contributed by atoms with Gasteiger partial charge in [0.15, 0.2) is 0 Å². The number of phenolic OH excluding ortho intramolecular Hbond substituents is 6. The first-order chi connectivity index (χ1) is 32.0. The third kappa shape index (κ3) is 7.80. The standard InChI is InChI=1S/C62H72O6/c1-31(2)45-22-43(24-51(59(45)67)57(47-13-37(9)53(63)17-33(47)5)48-14-38(10)54(64)18-34(48)6)61-26-41-21-42(27-61)29-62(28-41,30-61)44-23-46(32(3)4)60(68)52(25-44)58(49-15-39(11)55(65)19-35(49)7)50-16-40(12)56(66)20-36(50)8/h13-20,22-25,31-32,41-42,57-58,63-68H,21,26-30H2,1-12H3. The first kappa shape index (κ1) is 47.2. The maximum Gasteiger partial charge on any atom is 0.123 e. The van der Waals surface area contributed by atoms with Gasteiger partial charge in [-0.25, -0.2) is 0 Å². The Hall–Kier alpha value is -5.88. The summed E-state index contributed by atoms with van der Waals surface area (Å²) in [5.74, 6) is 1.98. The van der Waals surface area contributed by atoms with Gasteiger partial charge in [-0.05, 0) is 242 Å². The Morgan fingerprint density at radius 2 is 0.618 bits per heavy atom. The van der Waals surface area contributed by atoms with E-state index in [1.54, 1.807) is 0 Å². The summed E-state index contributed by atoms with van der Waals surface area (Å²) in [6.45, 7) is 24.5. The van der Waals surface area contributed by atoms with E-state index >= 15 is 0 Å². The Bertz CT molecular complexity index is 2680. The molecule has 4 aliphatic rings. The average Bonchev–Trinajstić information content (AvgIpc) is 3.25. The molecular weight excluding hydrogens is 841 g/mol. The molecule has 6 aromatic rings.